The summed E-state index contributed by atoms with van der Waals surface area (Å²) in [6.07, 6.45) is 14.4. The maximum atomic E-state index is 15.0. The molecular formula is C47H74N2O5. The van der Waals surface area contributed by atoms with Crippen molar-refractivity contribution in [2.24, 2.45) is 73.4 Å². The van der Waals surface area contributed by atoms with E-state index >= 15 is 0 Å². The van der Waals surface area contributed by atoms with Gasteiger partial charge in [0.05, 0.1) is 11.8 Å². The number of allylic oxidation sites excluding steroid dienone is 1. The van der Waals surface area contributed by atoms with Gasteiger partial charge in [-0.05, 0) is 142 Å². The maximum absolute atomic E-state index is 15.0. The number of aldehydes is 1. The van der Waals surface area contributed by atoms with Crippen LogP contribution in [0.1, 0.15) is 159 Å². The molecule has 302 valence electrons. The third kappa shape index (κ3) is 5.74. The van der Waals surface area contributed by atoms with Crippen LogP contribution in [0.25, 0.3) is 0 Å². The van der Waals surface area contributed by atoms with Crippen molar-refractivity contribution < 1.29 is 23.9 Å². The number of hydrogen-bond donors (Lipinski definition) is 1. The number of rotatable bonds is 8. The highest BCUT2D eigenvalue weighted by Gasteiger charge is 2.72. The first-order valence-electron chi connectivity index (χ1n) is 22.0. The number of carbonyl (C=O) groups is 4. The molecule has 7 heteroatoms. The average Bonchev–Trinajstić information content (AvgIpc) is 3.77. The number of ether oxygens (including phenoxy) is 1. The van der Waals surface area contributed by atoms with E-state index in [0.29, 0.717) is 35.5 Å². The zero-order valence-electron chi connectivity index (χ0n) is 35.7. The quantitative estimate of drug-likeness (QED) is 0.152. The fraction of sp³-hybridized carbons (Fsp3) is 0.872. The molecule has 0 bridgehead atoms. The number of hydrogen-bond acceptors (Lipinski definition) is 5. The number of esters is 1. The minimum atomic E-state index is -0.712. The molecule has 0 aromatic rings. The predicted molar refractivity (Wildman–Crippen MR) is 213 cm³/mol. The molecule has 7 nitrogen and oxygen atoms in total. The largest absolute Gasteiger partial charge is 0.462 e. The second-order valence-corrected chi connectivity index (χ2v) is 22.6. The monoisotopic (exact) mass is 747 g/mol. The van der Waals surface area contributed by atoms with Gasteiger partial charge in [0, 0.05) is 35.9 Å². The van der Waals surface area contributed by atoms with Crippen LogP contribution in [-0.2, 0) is 23.9 Å². The molecule has 7 fully saturated rings. The van der Waals surface area contributed by atoms with Crippen LogP contribution in [0.4, 0.5) is 0 Å². The molecule has 1 aliphatic heterocycles. The van der Waals surface area contributed by atoms with Gasteiger partial charge >= 0.3 is 5.97 Å². The van der Waals surface area contributed by atoms with E-state index in [2.05, 4.69) is 72.2 Å². The van der Waals surface area contributed by atoms with Crippen molar-refractivity contribution in [3.05, 3.63) is 12.2 Å². The van der Waals surface area contributed by atoms with E-state index in [1.54, 1.807) is 13.8 Å². The third-order valence-corrected chi connectivity index (χ3v) is 18.9. The van der Waals surface area contributed by atoms with Crippen LogP contribution in [0, 0.1) is 73.4 Å². The van der Waals surface area contributed by atoms with E-state index in [4.69, 9.17) is 4.74 Å². The van der Waals surface area contributed by atoms with E-state index in [0.717, 1.165) is 90.0 Å². The van der Waals surface area contributed by atoms with Crippen molar-refractivity contribution in [2.75, 3.05) is 13.1 Å². The van der Waals surface area contributed by atoms with Crippen molar-refractivity contribution in [1.82, 2.24) is 10.2 Å². The number of nitrogens with zero attached hydrogens (tertiary/aromatic N) is 1. The van der Waals surface area contributed by atoms with E-state index < -0.39 is 5.41 Å². The van der Waals surface area contributed by atoms with Crippen molar-refractivity contribution in [3.8, 4) is 0 Å². The van der Waals surface area contributed by atoms with Crippen LogP contribution >= 0.6 is 0 Å². The van der Waals surface area contributed by atoms with Crippen LogP contribution in [0.5, 0.6) is 0 Å². The number of nitrogens with one attached hydrogen (secondary N) is 1. The lowest BCUT2D eigenvalue weighted by Gasteiger charge is -2.73. The number of likely N-dealkylation sites (tertiary alicyclic amines) is 1. The fourth-order valence-corrected chi connectivity index (χ4v) is 15.4. The Morgan fingerprint density at radius 3 is 2.15 bits per heavy atom. The van der Waals surface area contributed by atoms with Crippen LogP contribution in [0.2, 0.25) is 0 Å². The molecule has 0 aromatic heterocycles. The first kappa shape index (κ1) is 40.0. The highest BCUT2D eigenvalue weighted by atomic mass is 16.5. The Hall–Kier alpha value is -2.18. The highest BCUT2D eigenvalue weighted by molar-refractivity contribution is 5.86. The maximum Gasteiger partial charge on any atom is 0.307 e. The average molecular weight is 747 g/mol. The summed E-state index contributed by atoms with van der Waals surface area (Å²) in [4.78, 5) is 55.1. The van der Waals surface area contributed by atoms with Crippen molar-refractivity contribution in [1.29, 1.82) is 0 Å². The summed E-state index contributed by atoms with van der Waals surface area (Å²) in [6.45, 7) is 29.1. The van der Waals surface area contributed by atoms with E-state index in [1.165, 1.54) is 18.4 Å². The molecule has 6 aliphatic carbocycles. The molecule has 7 aliphatic rings. The molecule has 0 spiro atoms. The van der Waals surface area contributed by atoms with Crippen LogP contribution in [-0.4, -0.2) is 54.2 Å². The molecule has 6 saturated carbocycles. The van der Waals surface area contributed by atoms with E-state index in [9.17, 15) is 19.2 Å². The standard InChI is InChI=1S/C47H74N2O5/c1-29(2)30-16-21-47(40(53)48-35-26-32(42(35,5)6)39(52)49-24-12-13-25-49)23-22-45(10)31(38(30)47)14-15-34-44(9)19-18-36(54-37(51)27-41(3,4)28-50)43(7,8)33(44)17-20-46(34,45)11/h28,30-36,38H,1,12-27H2,2-11H3,(H,48,53)/t30?,31?,32-,33?,34?,35?,36+,38?,44+,45-,46-,47+/m1/s1. The summed E-state index contributed by atoms with van der Waals surface area (Å²) in [5.41, 5.74) is 0.171. The van der Waals surface area contributed by atoms with Crippen molar-refractivity contribution in [2.45, 2.75) is 171 Å². The van der Waals surface area contributed by atoms with Gasteiger partial charge < -0.3 is 19.7 Å². The van der Waals surface area contributed by atoms with Gasteiger partial charge in [-0.2, -0.15) is 0 Å². The molecule has 2 amide bonds. The van der Waals surface area contributed by atoms with Gasteiger partial charge in [0.25, 0.3) is 0 Å². The zero-order chi connectivity index (χ0) is 39.4. The summed E-state index contributed by atoms with van der Waals surface area (Å²) in [5.74, 6) is 2.43. The number of carbonyl (C=O) groups excluding carboxylic acids is 4. The summed E-state index contributed by atoms with van der Waals surface area (Å²) >= 11 is 0. The highest BCUT2D eigenvalue weighted by Crippen LogP contribution is 2.77. The van der Waals surface area contributed by atoms with Crippen LogP contribution in [0.3, 0.4) is 0 Å². The summed E-state index contributed by atoms with van der Waals surface area (Å²) < 4.78 is 6.25. The van der Waals surface area contributed by atoms with Gasteiger partial charge in [-0.3, -0.25) is 14.4 Å². The Labute approximate surface area is 327 Å². The minimum absolute atomic E-state index is 0.0102. The molecule has 12 atom stereocenters. The Kier molecular flexibility index (Phi) is 9.77. The zero-order valence-corrected chi connectivity index (χ0v) is 35.7. The molecule has 1 saturated heterocycles. The number of amides is 2. The Morgan fingerprint density at radius 2 is 1.52 bits per heavy atom. The Balaban J connectivity index is 1.11. The molecule has 1 heterocycles. The summed E-state index contributed by atoms with van der Waals surface area (Å²) in [6, 6.07) is 0.0338. The normalized spacial score (nSPS) is 44.7. The van der Waals surface area contributed by atoms with Crippen molar-refractivity contribution >= 4 is 24.1 Å². The van der Waals surface area contributed by atoms with Crippen molar-refractivity contribution in [3.63, 3.8) is 0 Å². The Bertz CT molecular complexity index is 1560. The topological polar surface area (TPSA) is 92.8 Å². The lowest BCUT2D eigenvalue weighted by Crippen LogP contribution is -2.68. The molecule has 1 N–H and O–H groups in total. The van der Waals surface area contributed by atoms with Gasteiger partial charge in [-0.15, -0.1) is 0 Å². The minimum Gasteiger partial charge on any atom is -0.462 e. The Morgan fingerprint density at radius 1 is 0.833 bits per heavy atom. The molecule has 7 rings (SSSR count). The van der Waals surface area contributed by atoms with E-state index in [1.807, 2.05) is 0 Å². The van der Waals surface area contributed by atoms with Gasteiger partial charge in [0.1, 0.15) is 12.4 Å². The first-order valence-corrected chi connectivity index (χ1v) is 22.0. The number of fused-ring (bicyclic) bond motifs is 7. The summed E-state index contributed by atoms with van der Waals surface area (Å²) in [5, 5.41) is 3.64. The fourth-order valence-electron chi connectivity index (χ4n) is 15.4. The molecular weight excluding hydrogens is 673 g/mol. The van der Waals surface area contributed by atoms with Gasteiger partial charge in [-0.25, -0.2) is 0 Å². The second-order valence-electron chi connectivity index (χ2n) is 22.6. The smallest absolute Gasteiger partial charge is 0.307 e. The lowest BCUT2D eigenvalue weighted by molar-refractivity contribution is -0.249. The third-order valence-electron chi connectivity index (χ3n) is 18.9. The SMILES string of the molecule is C=C(C)C1CC[C@]2(C(=O)NC3C[C@H](C(=O)N4CCCC4)C3(C)C)CC[C@]3(C)C(CCC4[C@@]5(C)CC[C@H](OC(=O)CC(C)(C)C=O)C(C)(C)C5CC[C@]43C)C12. The molecule has 0 aromatic carbocycles. The van der Waals surface area contributed by atoms with Crippen LogP contribution in [0.15, 0.2) is 12.2 Å². The predicted octanol–water partition coefficient (Wildman–Crippen LogP) is 9.32. The molecule has 54 heavy (non-hydrogen) atoms. The molecule has 0 radical (unpaired) electrons. The first-order chi connectivity index (χ1) is 25.1. The van der Waals surface area contributed by atoms with E-state index in [-0.39, 0.29) is 68.9 Å². The van der Waals surface area contributed by atoms with Gasteiger partial charge in [0.15, 0.2) is 0 Å². The summed E-state index contributed by atoms with van der Waals surface area (Å²) in [7, 11) is 0. The molecule has 6 unspecified atom stereocenters. The second kappa shape index (κ2) is 13.2. The van der Waals surface area contributed by atoms with Gasteiger partial charge in [-0.1, -0.05) is 74.5 Å². The van der Waals surface area contributed by atoms with Crippen LogP contribution < -0.4 is 5.32 Å². The lowest BCUT2D eigenvalue weighted by atomic mass is 9.32. The van der Waals surface area contributed by atoms with Gasteiger partial charge in [0.2, 0.25) is 11.8 Å².